The van der Waals surface area contributed by atoms with E-state index in [1.807, 2.05) is 0 Å². The summed E-state index contributed by atoms with van der Waals surface area (Å²) in [5.41, 5.74) is 2.91. The minimum atomic E-state index is 0.727. The van der Waals surface area contributed by atoms with Crippen molar-refractivity contribution in [1.29, 1.82) is 0 Å². The third-order valence-corrected chi connectivity index (χ3v) is 2.59. The highest BCUT2D eigenvalue weighted by molar-refractivity contribution is 9.09. The van der Waals surface area contributed by atoms with Gasteiger partial charge in [-0.05, 0) is 26.2 Å². The first-order chi connectivity index (χ1) is 4.72. The van der Waals surface area contributed by atoms with Gasteiger partial charge >= 0.3 is 0 Å². The SMILES string of the molecule is CC1=CC(CBr)CC(C)=C1. The Morgan fingerprint density at radius 1 is 1.60 bits per heavy atom. The molecule has 56 valence electrons. The fourth-order valence-electron chi connectivity index (χ4n) is 1.44. The van der Waals surface area contributed by atoms with E-state index in [1.165, 1.54) is 17.6 Å². The molecule has 0 nitrogen and oxygen atoms in total. The second-order valence-corrected chi connectivity index (χ2v) is 3.67. The topological polar surface area (TPSA) is 0 Å². The summed E-state index contributed by atoms with van der Waals surface area (Å²) in [4.78, 5) is 0. The van der Waals surface area contributed by atoms with E-state index < -0.39 is 0 Å². The lowest BCUT2D eigenvalue weighted by Gasteiger charge is -2.15. The van der Waals surface area contributed by atoms with Gasteiger partial charge in [-0.3, -0.25) is 0 Å². The van der Waals surface area contributed by atoms with Crippen LogP contribution in [0.2, 0.25) is 0 Å². The summed E-state index contributed by atoms with van der Waals surface area (Å²) in [6.07, 6.45) is 5.82. The first kappa shape index (κ1) is 8.06. The summed E-state index contributed by atoms with van der Waals surface area (Å²) in [7, 11) is 0. The predicted octanol–water partition coefficient (Wildman–Crippen LogP) is 3.29. The molecule has 0 amide bonds. The molecule has 0 heterocycles. The normalized spacial score (nSPS) is 25.7. The summed E-state index contributed by atoms with van der Waals surface area (Å²) >= 11 is 3.49. The summed E-state index contributed by atoms with van der Waals surface area (Å²) < 4.78 is 0. The van der Waals surface area contributed by atoms with Gasteiger partial charge in [0.2, 0.25) is 0 Å². The Morgan fingerprint density at radius 2 is 2.30 bits per heavy atom. The van der Waals surface area contributed by atoms with Crippen molar-refractivity contribution in [1.82, 2.24) is 0 Å². The molecule has 0 saturated carbocycles. The summed E-state index contributed by atoms with van der Waals surface area (Å²) in [6, 6.07) is 0. The molecule has 1 aliphatic rings. The lowest BCUT2D eigenvalue weighted by Crippen LogP contribution is -2.03. The Morgan fingerprint density at radius 3 is 2.80 bits per heavy atom. The van der Waals surface area contributed by atoms with Crippen molar-refractivity contribution in [2.45, 2.75) is 20.3 Å². The molecule has 0 N–H and O–H groups in total. The Bertz CT molecular complexity index is 177. The van der Waals surface area contributed by atoms with Crippen LogP contribution in [0.3, 0.4) is 0 Å². The standard InChI is InChI=1S/C9H13Br/c1-7-3-8(2)5-9(4-7)6-10/h3-4,9H,5-6H2,1-2H3. The number of hydrogen-bond acceptors (Lipinski definition) is 0. The predicted molar refractivity (Wildman–Crippen MR) is 49.4 cm³/mol. The lowest BCUT2D eigenvalue weighted by atomic mass is 9.93. The molecule has 1 rings (SSSR count). The van der Waals surface area contributed by atoms with Crippen molar-refractivity contribution in [3.05, 3.63) is 23.3 Å². The van der Waals surface area contributed by atoms with Gasteiger partial charge in [0.15, 0.2) is 0 Å². The van der Waals surface area contributed by atoms with Gasteiger partial charge in [-0.25, -0.2) is 0 Å². The number of rotatable bonds is 1. The second kappa shape index (κ2) is 3.38. The molecule has 1 aliphatic carbocycles. The molecule has 1 heteroatoms. The summed E-state index contributed by atoms with van der Waals surface area (Å²) in [5, 5.41) is 1.09. The maximum atomic E-state index is 3.49. The zero-order valence-corrected chi connectivity index (χ0v) is 8.11. The molecular weight excluding hydrogens is 188 g/mol. The van der Waals surface area contributed by atoms with E-state index in [9.17, 15) is 0 Å². The Labute approximate surface area is 71.1 Å². The first-order valence-corrected chi connectivity index (χ1v) is 4.76. The first-order valence-electron chi connectivity index (χ1n) is 3.64. The monoisotopic (exact) mass is 200 g/mol. The average molecular weight is 201 g/mol. The van der Waals surface area contributed by atoms with Gasteiger partial charge in [0.25, 0.3) is 0 Å². The highest BCUT2D eigenvalue weighted by Crippen LogP contribution is 2.23. The third-order valence-electron chi connectivity index (χ3n) is 1.76. The van der Waals surface area contributed by atoms with Crippen molar-refractivity contribution in [2.75, 3.05) is 5.33 Å². The summed E-state index contributed by atoms with van der Waals surface area (Å²) in [5.74, 6) is 0.727. The van der Waals surface area contributed by atoms with Crippen LogP contribution < -0.4 is 0 Å². The van der Waals surface area contributed by atoms with Crippen molar-refractivity contribution in [2.24, 2.45) is 5.92 Å². The Kier molecular flexibility index (Phi) is 2.72. The van der Waals surface area contributed by atoms with Gasteiger partial charge in [-0.1, -0.05) is 39.2 Å². The van der Waals surface area contributed by atoms with Gasteiger partial charge in [-0.2, -0.15) is 0 Å². The number of allylic oxidation sites excluding steroid dienone is 4. The van der Waals surface area contributed by atoms with Crippen molar-refractivity contribution in [3.63, 3.8) is 0 Å². The van der Waals surface area contributed by atoms with Crippen molar-refractivity contribution in [3.8, 4) is 0 Å². The molecule has 1 atom stereocenters. The number of halogens is 1. The fraction of sp³-hybridized carbons (Fsp3) is 0.556. The van der Waals surface area contributed by atoms with E-state index in [0.717, 1.165) is 11.2 Å². The van der Waals surface area contributed by atoms with Gasteiger partial charge in [0, 0.05) is 5.33 Å². The van der Waals surface area contributed by atoms with Crippen molar-refractivity contribution >= 4 is 15.9 Å². The molecule has 0 aromatic carbocycles. The Hall–Kier alpha value is -0.0400. The van der Waals surface area contributed by atoms with Gasteiger partial charge in [0.05, 0.1) is 0 Å². The van der Waals surface area contributed by atoms with Crippen molar-refractivity contribution < 1.29 is 0 Å². The molecule has 10 heavy (non-hydrogen) atoms. The van der Waals surface area contributed by atoms with Crippen LogP contribution in [0.4, 0.5) is 0 Å². The molecule has 0 aliphatic heterocycles. The van der Waals surface area contributed by atoms with Gasteiger partial charge < -0.3 is 0 Å². The molecule has 0 saturated heterocycles. The van der Waals surface area contributed by atoms with E-state index in [0.29, 0.717) is 0 Å². The van der Waals surface area contributed by atoms with E-state index in [4.69, 9.17) is 0 Å². The molecule has 1 unspecified atom stereocenters. The largest absolute Gasteiger partial charge is 0.0922 e. The van der Waals surface area contributed by atoms with E-state index in [-0.39, 0.29) is 0 Å². The van der Waals surface area contributed by atoms with E-state index >= 15 is 0 Å². The van der Waals surface area contributed by atoms with Crippen LogP contribution in [0.1, 0.15) is 20.3 Å². The molecule has 0 aromatic rings. The average Bonchev–Trinajstić information content (AvgIpc) is 1.85. The second-order valence-electron chi connectivity index (χ2n) is 3.02. The zero-order chi connectivity index (χ0) is 7.56. The highest BCUT2D eigenvalue weighted by Gasteiger charge is 2.08. The molecule has 0 fully saturated rings. The maximum Gasteiger partial charge on any atom is 0.00975 e. The van der Waals surface area contributed by atoms with Crippen LogP contribution in [-0.2, 0) is 0 Å². The van der Waals surface area contributed by atoms with Crippen LogP contribution in [-0.4, -0.2) is 5.33 Å². The molecular formula is C9H13Br. The van der Waals surface area contributed by atoms with Crippen LogP contribution in [0.5, 0.6) is 0 Å². The van der Waals surface area contributed by atoms with Crippen LogP contribution in [0, 0.1) is 5.92 Å². The molecule has 0 aromatic heterocycles. The smallest absolute Gasteiger partial charge is 0.00975 e. The Balaban J connectivity index is 2.67. The third kappa shape index (κ3) is 1.98. The van der Waals surface area contributed by atoms with Crippen LogP contribution in [0.15, 0.2) is 23.3 Å². The minimum absolute atomic E-state index is 0.727. The van der Waals surface area contributed by atoms with E-state index in [2.05, 4.69) is 41.9 Å². The molecule has 0 bridgehead atoms. The quantitative estimate of drug-likeness (QED) is 0.571. The maximum absolute atomic E-state index is 3.49. The summed E-state index contributed by atoms with van der Waals surface area (Å²) in [6.45, 7) is 4.37. The zero-order valence-electron chi connectivity index (χ0n) is 6.52. The number of alkyl halides is 1. The molecule has 0 radical (unpaired) electrons. The fourth-order valence-corrected chi connectivity index (χ4v) is 1.85. The highest BCUT2D eigenvalue weighted by atomic mass is 79.9. The van der Waals surface area contributed by atoms with Crippen LogP contribution >= 0.6 is 15.9 Å². The van der Waals surface area contributed by atoms with Gasteiger partial charge in [0.1, 0.15) is 0 Å². The van der Waals surface area contributed by atoms with E-state index in [1.54, 1.807) is 0 Å². The number of hydrogen-bond donors (Lipinski definition) is 0. The lowest BCUT2D eigenvalue weighted by molar-refractivity contribution is 0.716. The van der Waals surface area contributed by atoms with Gasteiger partial charge in [-0.15, -0.1) is 0 Å². The minimum Gasteiger partial charge on any atom is -0.0922 e. The molecule has 0 spiro atoms. The van der Waals surface area contributed by atoms with Crippen LogP contribution in [0.25, 0.3) is 0 Å².